The zero-order valence-electron chi connectivity index (χ0n) is 9.20. The van der Waals surface area contributed by atoms with Gasteiger partial charge in [0.25, 0.3) is 5.89 Å². The molecule has 0 aliphatic carbocycles. The Kier molecular flexibility index (Phi) is 3.14. The van der Waals surface area contributed by atoms with Crippen molar-refractivity contribution in [3.05, 3.63) is 35.2 Å². The van der Waals surface area contributed by atoms with Crippen LogP contribution in [-0.4, -0.2) is 16.7 Å². The Hall–Kier alpha value is -1.82. The Balaban J connectivity index is 2.48. The SMILES string of the molecule is Cc1ccc(F)c(-c2nnc(CCN)o2)c1F. The summed E-state index contributed by atoms with van der Waals surface area (Å²) in [4.78, 5) is 0. The predicted molar refractivity (Wildman–Crippen MR) is 57.1 cm³/mol. The Morgan fingerprint density at radius 1 is 1.29 bits per heavy atom. The number of hydrogen-bond donors (Lipinski definition) is 1. The van der Waals surface area contributed by atoms with E-state index in [1.807, 2.05) is 0 Å². The van der Waals surface area contributed by atoms with Crippen LogP contribution in [0.5, 0.6) is 0 Å². The molecule has 0 saturated heterocycles. The fourth-order valence-corrected chi connectivity index (χ4v) is 1.43. The van der Waals surface area contributed by atoms with Gasteiger partial charge in [-0.15, -0.1) is 10.2 Å². The van der Waals surface area contributed by atoms with E-state index in [0.29, 0.717) is 18.5 Å². The van der Waals surface area contributed by atoms with Crippen molar-refractivity contribution in [2.24, 2.45) is 5.73 Å². The lowest BCUT2D eigenvalue weighted by Gasteiger charge is -2.02. The van der Waals surface area contributed by atoms with E-state index in [-0.39, 0.29) is 17.3 Å². The van der Waals surface area contributed by atoms with E-state index >= 15 is 0 Å². The number of nitrogens with zero attached hydrogens (tertiary/aromatic N) is 2. The van der Waals surface area contributed by atoms with Gasteiger partial charge in [-0.1, -0.05) is 6.07 Å². The van der Waals surface area contributed by atoms with Crippen molar-refractivity contribution in [2.75, 3.05) is 6.54 Å². The molecule has 1 aromatic heterocycles. The molecule has 0 atom stereocenters. The van der Waals surface area contributed by atoms with Gasteiger partial charge in [0.15, 0.2) is 0 Å². The highest BCUT2D eigenvalue weighted by molar-refractivity contribution is 5.56. The standard InChI is InChI=1S/C11H11F2N3O/c1-6-2-3-7(12)9(10(6)13)11-16-15-8(17-11)4-5-14/h2-3H,4-5,14H2,1H3. The molecule has 2 N–H and O–H groups in total. The fraction of sp³-hybridized carbons (Fsp3) is 0.273. The molecule has 0 aliphatic heterocycles. The van der Waals surface area contributed by atoms with Gasteiger partial charge in [0.2, 0.25) is 5.89 Å². The highest BCUT2D eigenvalue weighted by Crippen LogP contribution is 2.26. The predicted octanol–water partition coefficient (Wildman–Crippen LogP) is 1.82. The summed E-state index contributed by atoms with van der Waals surface area (Å²) in [7, 11) is 0. The molecule has 0 saturated carbocycles. The summed E-state index contributed by atoms with van der Waals surface area (Å²) >= 11 is 0. The summed E-state index contributed by atoms with van der Waals surface area (Å²) in [5.74, 6) is -1.31. The van der Waals surface area contributed by atoms with Gasteiger partial charge in [-0.2, -0.15) is 0 Å². The van der Waals surface area contributed by atoms with E-state index in [9.17, 15) is 8.78 Å². The quantitative estimate of drug-likeness (QED) is 0.887. The third kappa shape index (κ3) is 2.16. The number of aryl methyl sites for hydroxylation is 1. The molecular formula is C11H11F2N3O. The van der Waals surface area contributed by atoms with Crippen LogP contribution in [-0.2, 0) is 6.42 Å². The van der Waals surface area contributed by atoms with Crippen LogP contribution >= 0.6 is 0 Å². The second kappa shape index (κ2) is 4.58. The lowest BCUT2D eigenvalue weighted by atomic mass is 10.1. The van der Waals surface area contributed by atoms with Gasteiger partial charge in [0.1, 0.15) is 17.2 Å². The van der Waals surface area contributed by atoms with E-state index in [1.54, 1.807) is 0 Å². The van der Waals surface area contributed by atoms with Gasteiger partial charge >= 0.3 is 0 Å². The number of benzene rings is 1. The van der Waals surface area contributed by atoms with Gasteiger partial charge in [-0.25, -0.2) is 8.78 Å². The highest BCUT2D eigenvalue weighted by Gasteiger charge is 2.19. The Bertz CT molecular complexity index is 540. The topological polar surface area (TPSA) is 64.9 Å². The van der Waals surface area contributed by atoms with Crippen LogP contribution in [0.4, 0.5) is 8.78 Å². The average Bonchev–Trinajstić information content (AvgIpc) is 2.73. The van der Waals surface area contributed by atoms with Crippen molar-refractivity contribution in [2.45, 2.75) is 13.3 Å². The smallest absolute Gasteiger partial charge is 0.253 e. The van der Waals surface area contributed by atoms with Gasteiger partial charge in [0, 0.05) is 13.0 Å². The molecule has 0 fully saturated rings. The minimum Gasteiger partial charge on any atom is -0.420 e. The first-order chi connectivity index (χ1) is 8.13. The van der Waals surface area contributed by atoms with Crippen molar-refractivity contribution < 1.29 is 13.2 Å². The maximum Gasteiger partial charge on any atom is 0.253 e. The van der Waals surface area contributed by atoms with E-state index in [4.69, 9.17) is 10.2 Å². The van der Waals surface area contributed by atoms with Crippen molar-refractivity contribution >= 4 is 0 Å². The molecule has 1 aromatic carbocycles. The van der Waals surface area contributed by atoms with Crippen LogP contribution in [0.15, 0.2) is 16.5 Å². The van der Waals surface area contributed by atoms with Gasteiger partial charge in [0.05, 0.1) is 0 Å². The fourth-order valence-electron chi connectivity index (χ4n) is 1.43. The van der Waals surface area contributed by atoms with Crippen LogP contribution in [0.25, 0.3) is 11.5 Å². The molecule has 0 bridgehead atoms. The summed E-state index contributed by atoms with van der Waals surface area (Å²) in [6.45, 7) is 1.87. The highest BCUT2D eigenvalue weighted by atomic mass is 19.1. The van der Waals surface area contributed by atoms with Crippen molar-refractivity contribution in [3.63, 3.8) is 0 Å². The third-order valence-electron chi connectivity index (χ3n) is 2.32. The maximum absolute atomic E-state index is 13.8. The molecular weight excluding hydrogens is 228 g/mol. The first-order valence-electron chi connectivity index (χ1n) is 5.11. The van der Waals surface area contributed by atoms with E-state index < -0.39 is 11.6 Å². The van der Waals surface area contributed by atoms with Crippen molar-refractivity contribution in [3.8, 4) is 11.5 Å². The number of halogens is 2. The van der Waals surface area contributed by atoms with E-state index in [2.05, 4.69) is 10.2 Å². The summed E-state index contributed by atoms with van der Waals surface area (Å²) in [6.07, 6.45) is 0.377. The molecule has 1 heterocycles. The van der Waals surface area contributed by atoms with Crippen LogP contribution in [0.3, 0.4) is 0 Å². The summed E-state index contributed by atoms with van der Waals surface area (Å²) in [5, 5.41) is 7.28. The Labute approximate surface area is 96.5 Å². The first kappa shape index (κ1) is 11.7. The van der Waals surface area contributed by atoms with Crippen LogP contribution in [0, 0.1) is 18.6 Å². The normalized spacial score (nSPS) is 10.8. The largest absolute Gasteiger partial charge is 0.420 e. The molecule has 90 valence electrons. The zero-order valence-corrected chi connectivity index (χ0v) is 9.20. The lowest BCUT2D eigenvalue weighted by molar-refractivity contribution is 0.495. The molecule has 0 unspecified atom stereocenters. The number of rotatable bonds is 3. The molecule has 4 nitrogen and oxygen atoms in total. The summed E-state index contributed by atoms with van der Waals surface area (Å²) in [5.41, 5.74) is 5.34. The van der Waals surface area contributed by atoms with E-state index in [0.717, 1.165) is 0 Å². The van der Waals surface area contributed by atoms with Gasteiger partial charge in [-0.05, 0) is 18.6 Å². The molecule has 17 heavy (non-hydrogen) atoms. The molecule has 6 heteroatoms. The zero-order chi connectivity index (χ0) is 12.4. The minimum absolute atomic E-state index is 0.160. The molecule has 0 amide bonds. The molecule has 2 aromatic rings. The minimum atomic E-state index is -0.726. The van der Waals surface area contributed by atoms with Crippen LogP contribution in [0.1, 0.15) is 11.5 Å². The van der Waals surface area contributed by atoms with Crippen LogP contribution < -0.4 is 5.73 Å². The molecule has 0 radical (unpaired) electrons. The molecule has 2 rings (SSSR count). The monoisotopic (exact) mass is 239 g/mol. The summed E-state index contributed by atoms with van der Waals surface area (Å²) < 4.78 is 32.4. The summed E-state index contributed by atoms with van der Waals surface area (Å²) in [6, 6.07) is 2.52. The Morgan fingerprint density at radius 2 is 2.06 bits per heavy atom. The lowest BCUT2D eigenvalue weighted by Crippen LogP contribution is -2.02. The second-order valence-electron chi connectivity index (χ2n) is 3.59. The van der Waals surface area contributed by atoms with Crippen molar-refractivity contribution in [1.82, 2.24) is 10.2 Å². The molecule has 0 spiro atoms. The Morgan fingerprint density at radius 3 is 2.76 bits per heavy atom. The van der Waals surface area contributed by atoms with Gasteiger partial charge in [-0.3, -0.25) is 0 Å². The van der Waals surface area contributed by atoms with Crippen molar-refractivity contribution in [1.29, 1.82) is 0 Å². The second-order valence-corrected chi connectivity index (χ2v) is 3.59. The van der Waals surface area contributed by atoms with E-state index in [1.165, 1.54) is 19.1 Å². The molecule has 0 aliphatic rings. The number of nitrogens with two attached hydrogens (primary N) is 1. The average molecular weight is 239 g/mol. The number of aromatic nitrogens is 2. The number of hydrogen-bond acceptors (Lipinski definition) is 4. The third-order valence-corrected chi connectivity index (χ3v) is 2.32. The van der Waals surface area contributed by atoms with Crippen LogP contribution in [0.2, 0.25) is 0 Å². The first-order valence-corrected chi connectivity index (χ1v) is 5.11. The maximum atomic E-state index is 13.8. The van der Waals surface area contributed by atoms with Gasteiger partial charge < -0.3 is 10.2 Å².